The molecular formula is C19H21N5O2. The van der Waals surface area contributed by atoms with E-state index in [9.17, 15) is 9.59 Å². The molecule has 0 atom stereocenters. The third-order valence-electron chi connectivity index (χ3n) is 5.34. The van der Waals surface area contributed by atoms with Gasteiger partial charge in [-0.25, -0.2) is 0 Å². The maximum Gasteiger partial charge on any atom is 0.273 e. The first-order valence-electron chi connectivity index (χ1n) is 8.72. The summed E-state index contributed by atoms with van der Waals surface area (Å²) in [5, 5.41) is 11.3. The molecule has 0 unspecified atom stereocenters. The normalized spacial score (nSPS) is 17.8. The van der Waals surface area contributed by atoms with Crippen molar-refractivity contribution in [3.05, 3.63) is 47.7 Å². The van der Waals surface area contributed by atoms with Crippen molar-refractivity contribution in [1.82, 2.24) is 15.1 Å². The zero-order valence-electron chi connectivity index (χ0n) is 14.9. The lowest BCUT2D eigenvalue weighted by Crippen LogP contribution is -2.46. The Morgan fingerprint density at radius 2 is 1.85 bits per heavy atom. The fourth-order valence-electron chi connectivity index (χ4n) is 3.82. The van der Waals surface area contributed by atoms with Crippen LogP contribution in [0.4, 0.5) is 11.5 Å². The Balaban J connectivity index is 1.51. The van der Waals surface area contributed by atoms with E-state index in [1.165, 1.54) is 4.90 Å². The van der Waals surface area contributed by atoms with Crippen molar-refractivity contribution < 1.29 is 9.59 Å². The molecule has 1 saturated heterocycles. The second kappa shape index (κ2) is 6.09. The molecule has 26 heavy (non-hydrogen) atoms. The lowest BCUT2D eigenvalue weighted by atomic mass is 9.73. The minimum absolute atomic E-state index is 0.0939. The Hall–Kier alpha value is -2.96. The standard InChI is InChI=1S/C19H21N5O2/c1-23(2)17(25)15-7-8-16(22-21-15)24-11-9-19(10-12-24)13-5-3-4-6-14(13)20-18(19)26/h3-8H,9-12H2,1-2H3,(H,20,26). The first kappa shape index (κ1) is 16.5. The zero-order valence-corrected chi connectivity index (χ0v) is 14.9. The van der Waals surface area contributed by atoms with E-state index in [-0.39, 0.29) is 11.8 Å². The van der Waals surface area contributed by atoms with Crippen LogP contribution < -0.4 is 10.2 Å². The lowest BCUT2D eigenvalue weighted by Gasteiger charge is -2.38. The minimum atomic E-state index is -0.443. The van der Waals surface area contributed by atoms with Gasteiger partial charge in [0, 0.05) is 32.9 Å². The molecule has 1 spiro atoms. The number of anilines is 2. The summed E-state index contributed by atoms with van der Waals surface area (Å²) < 4.78 is 0. The topological polar surface area (TPSA) is 78.4 Å². The Morgan fingerprint density at radius 1 is 1.12 bits per heavy atom. The maximum absolute atomic E-state index is 12.6. The summed E-state index contributed by atoms with van der Waals surface area (Å²) in [4.78, 5) is 28.2. The van der Waals surface area contributed by atoms with E-state index in [0.29, 0.717) is 5.69 Å². The zero-order chi connectivity index (χ0) is 18.3. The molecule has 134 valence electrons. The predicted molar refractivity (Wildman–Crippen MR) is 98.2 cm³/mol. The van der Waals surface area contributed by atoms with Gasteiger partial charge < -0.3 is 15.1 Å². The molecule has 1 aromatic carbocycles. The van der Waals surface area contributed by atoms with Crippen LogP contribution in [0.15, 0.2) is 36.4 Å². The van der Waals surface area contributed by atoms with E-state index in [1.54, 1.807) is 20.2 Å². The van der Waals surface area contributed by atoms with E-state index in [0.717, 1.165) is 43.0 Å². The first-order chi connectivity index (χ1) is 12.5. The van der Waals surface area contributed by atoms with E-state index < -0.39 is 5.41 Å². The fraction of sp³-hybridized carbons (Fsp3) is 0.368. The molecular weight excluding hydrogens is 330 g/mol. The number of piperidine rings is 1. The Kier molecular flexibility index (Phi) is 3.86. The van der Waals surface area contributed by atoms with Crippen LogP contribution in [0.2, 0.25) is 0 Å². The first-order valence-corrected chi connectivity index (χ1v) is 8.72. The largest absolute Gasteiger partial charge is 0.355 e. The average molecular weight is 351 g/mol. The van der Waals surface area contributed by atoms with Gasteiger partial charge in [-0.3, -0.25) is 9.59 Å². The number of hydrogen-bond acceptors (Lipinski definition) is 5. The number of nitrogens with zero attached hydrogens (tertiary/aromatic N) is 4. The van der Waals surface area contributed by atoms with Crippen molar-refractivity contribution in [3.63, 3.8) is 0 Å². The number of amides is 2. The molecule has 7 nitrogen and oxygen atoms in total. The van der Waals surface area contributed by atoms with Gasteiger partial charge >= 0.3 is 0 Å². The summed E-state index contributed by atoms with van der Waals surface area (Å²) in [5.41, 5.74) is 1.91. The molecule has 4 rings (SSSR count). The van der Waals surface area contributed by atoms with Gasteiger partial charge in [0.1, 0.15) is 0 Å². The number of nitrogens with one attached hydrogen (secondary N) is 1. The molecule has 1 fully saturated rings. The van der Waals surface area contributed by atoms with Crippen LogP contribution in [0.25, 0.3) is 0 Å². The molecule has 0 saturated carbocycles. The molecule has 1 N–H and O–H groups in total. The predicted octanol–water partition coefficient (Wildman–Crippen LogP) is 1.67. The van der Waals surface area contributed by atoms with E-state index >= 15 is 0 Å². The maximum atomic E-state index is 12.6. The molecule has 0 radical (unpaired) electrons. The Labute approximate surface area is 152 Å². The lowest BCUT2D eigenvalue weighted by molar-refractivity contribution is -0.121. The van der Waals surface area contributed by atoms with Gasteiger partial charge in [0.2, 0.25) is 5.91 Å². The molecule has 2 aliphatic heterocycles. The number of fused-ring (bicyclic) bond motifs is 2. The molecule has 0 bridgehead atoms. The van der Waals surface area contributed by atoms with Crippen molar-refractivity contribution in [1.29, 1.82) is 0 Å². The van der Waals surface area contributed by atoms with E-state index in [4.69, 9.17) is 0 Å². The van der Waals surface area contributed by atoms with Crippen molar-refractivity contribution >= 4 is 23.3 Å². The van der Waals surface area contributed by atoms with Crippen LogP contribution in [0.5, 0.6) is 0 Å². The summed E-state index contributed by atoms with van der Waals surface area (Å²) >= 11 is 0. The third kappa shape index (κ3) is 2.51. The second-order valence-electron chi connectivity index (χ2n) is 7.05. The van der Waals surface area contributed by atoms with Crippen LogP contribution in [0, 0.1) is 0 Å². The number of rotatable bonds is 2. The molecule has 2 aliphatic rings. The molecule has 2 aromatic rings. The van der Waals surface area contributed by atoms with E-state index in [1.807, 2.05) is 30.3 Å². The molecule has 3 heterocycles. The second-order valence-corrected chi connectivity index (χ2v) is 7.05. The number of para-hydroxylation sites is 1. The van der Waals surface area contributed by atoms with Crippen molar-refractivity contribution in [2.45, 2.75) is 18.3 Å². The molecule has 0 aliphatic carbocycles. The monoisotopic (exact) mass is 351 g/mol. The number of carbonyl (C=O) groups excluding carboxylic acids is 2. The SMILES string of the molecule is CN(C)C(=O)c1ccc(N2CCC3(CC2)C(=O)Nc2ccccc23)nn1. The highest BCUT2D eigenvalue weighted by Gasteiger charge is 2.48. The smallest absolute Gasteiger partial charge is 0.273 e. The summed E-state index contributed by atoms with van der Waals surface area (Å²) in [6, 6.07) is 11.5. The van der Waals surface area contributed by atoms with Crippen LogP contribution >= 0.6 is 0 Å². The molecule has 7 heteroatoms. The molecule has 1 aromatic heterocycles. The van der Waals surface area contributed by atoms with Gasteiger partial charge in [-0.1, -0.05) is 18.2 Å². The number of benzene rings is 1. The molecule has 2 amide bonds. The van der Waals surface area contributed by atoms with Gasteiger partial charge in [-0.2, -0.15) is 0 Å². The highest BCUT2D eigenvalue weighted by molar-refractivity contribution is 6.06. The quantitative estimate of drug-likeness (QED) is 0.890. The summed E-state index contributed by atoms with van der Waals surface area (Å²) in [7, 11) is 3.37. The van der Waals surface area contributed by atoms with E-state index in [2.05, 4.69) is 20.4 Å². The number of aromatic nitrogens is 2. The minimum Gasteiger partial charge on any atom is -0.355 e. The fourth-order valence-corrected chi connectivity index (χ4v) is 3.82. The summed E-state index contributed by atoms with van der Waals surface area (Å²) in [6.07, 6.45) is 1.46. The van der Waals surface area contributed by atoms with Gasteiger partial charge in [-0.05, 0) is 36.6 Å². The van der Waals surface area contributed by atoms with Crippen LogP contribution in [0.3, 0.4) is 0 Å². The average Bonchev–Trinajstić information content (AvgIpc) is 2.94. The Bertz CT molecular complexity index is 854. The van der Waals surface area contributed by atoms with Gasteiger partial charge in [0.25, 0.3) is 5.91 Å². The Morgan fingerprint density at radius 3 is 2.50 bits per heavy atom. The van der Waals surface area contributed by atoms with Gasteiger partial charge in [-0.15, -0.1) is 10.2 Å². The van der Waals surface area contributed by atoms with Crippen LogP contribution in [-0.2, 0) is 10.2 Å². The number of carbonyl (C=O) groups is 2. The van der Waals surface area contributed by atoms with Crippen molar-refractivity contribution in [2.75, 3.05) is 37.4 Å². The van der Waals surface area contributed by atoms with Crippen LogP contribution in [0.1, 0.15) is 28.9 Å². The highest BCUT2D eigenvalue weighted by Crippen LogP contribution is 2.45. The van der Waals surface area contributed by atoms with Gasteiger partial charge in [0.15, 0.2) is 11.5 Å². The van der Waals surface area contributed by atoms with Crippen molar-refractivity contribution in [2.24, 2.45) is 0 Å². The van der Waals surface area contributed by atoms with Crippen LogP contribution in [-0.4, -0.2) is 54.1 Å². The summed E-state index contributed by atoms with van der Waals surface area (Å²) in [5.74, 6) is 0.666. The van der Waals surface area contributed by atoms with Gasteiger partial charge in [0.05, 0.1) is 5.41 Å². The summed E-state index contributed by atoms with van der Waals surface area (Å²) in [6.45, 7) is 1.44. The van der Waals surface area contributed by atoms with Crippen molar-refractivity contribution in [3.8, 4) is 0 Å². The third-order valence-corrected chi connectivity index (χ3v) is 5.34. The highest BCUT2D eigenvalue weighted by atomic mass is 16.2. The number of hydrogen-bond donors (Lipinski definition) is 1.